The van der Waals surface area contributed by atoms with Gasteiger partial charge in [-0.05, 0) is 35.5 Å². The van der Waals surface area contributed by atoms with Crippen LogP contribution in [0.1, 0.15) is 11.1 Å². The molecule has 0 radical (unpaired) electrons. The van der Waals surface area contributed by atoms with Crippen molar-refractivity contribution in [2.45, 2.75) is 13.0 Å². The van der Waals surface area contributed by atoms with Gasteiger partial charge in [-0.15, -0.1) is 0 Å². The standard InChI is InChI=1S/C16H15N3S/c17-11-10-13-6-8-15(9-7-13)19-16(20)18-12-14-4-2-1-3-5-14/h1-9H,10,12H2,(H2,18,19,20). The topological polar surface area (TPSA) is 47.9 Å². The molecule has 0 spiro atoms. The number of rotatable bonds is 4. The van der Waals surface area contributed by atoms with Crippen LogP contribution >= 0.6 is 12.2 Å². The summed E-state index contributed by atoms with van der Waals surface area (Å²) in [7, 11) is 0. The van der Waals surface area contributed by atoms with Gasteiger partial charge < -0.3 is 10.6 Å². The fourth-order valence-electron chi connectivity index (χ4n) is 1.75. The van der Waals surface area contributed by atoms with Crippen molar-refractivity contribution in [3.05, 3.63) is 65.7 Å². The Kier molecular flexibility index (Phi) is 5.10. The number of hydrogen-bond acceptors (Lipinski definition) is 2. The summed E-state index contributed by atoms with van der Waals surface area (Å²) in [5.41, 5.74) is 3.10. The lowest BCUT2D eigenvalue weighted by Gasteiger charge is -2.10. The van der Waals surface area contributed by atoms with Gasteiger partial charge in [0.15, 0.2) is 5.11 Å². The van der Waals surface area contributed by atoms with Crippen LogP contribution in [0, 0.1) is 11.3 Å². The largest absolute Gasteiger partial charge is 0.358 e. The Morgan fingerprint density at radius 1 is 1.00 bits per heavy atom. The monoisotopic (exact) mass is 281 g/mol. The molecule has 0 saturated carbocycles. The first-order valence-electron chi connectivity index (χ1n) is 6.32. The van der Waals surface area contributed by atoms with Crippen LogP contribution in [0.25, 0.3) is 0 Å². The van der Waals surface area contributed by atoms with Gasteiger partial charge >= 0.3 is 0 Å². The first-order valence-corrected chi connectivity index (χ1v) is 6.73. The molecule has 20 heavy (non-hydrogen) atoms. The molecule has 3 nitrogen and oxygen atoms in total. The molecule has 0 bridgehead atoms. The van der Waals surface area contributed by atoms with Crippen LogP contribution in [-0.4, -0.2) is 5.11 Å². The number of nitriles is 1. The van der Waals surface area contributed by atoms with Crippen molar-refractivity contribution in [3.8, 4) is 6.07 Å². The van der Waals surface area contributed by atoms with E-state index in [9.17, 15) is 0 Å². The Labute approximate surface area is 124 Å². The maximum Gasteiger partial charge on any atom is 0.171 e. The summed E-state index contributed by atoms with van der Waals surface area (Å²) >= 11 is 5.24. The van der Waals surface area contributed by atoms with Gasteiger partial charge in [0.1, 0.15) is 0 Å². The molecule has 0 aliphatic rings. The van der Waals surface area contributed by atoms with Crippen molar-refractivity contribution in [1.82, 2.24) is 5.32 Å². The molecule has 2 aromatic rings. The highest BCUT2D eigenvalue weighted by Crippen LogP contribution is 2.09. The van der Waals surface area contributed by atoms with Crippen molar-refractivity contribution in [3.63, 3.8) is 0 Å². The average molecular weight is 281 g/mol. The second-order valence-corrected chi connectivity index (χ2v) is 4.73. The van der Waals surface area contributed by atoms with Crippen molar-refractivity contribution >= 4 is 23.0 Å². The van der Waals surface area contributed by atoms with Gasteiger partial charge in [-0.3, -0.25) is 0 Å². The number of anilines is 1. The molecule has 2 aromatic carbocycles. The van der Waals surface area contributed by atoms with Gasteiger partial charge in [-0.1, -0.05) is 42.5 Å². The second-order valence-electron chi connectivity index (χ2n) is 4.33. The molecule has 100 valence electrons. The Hall–Kier alpha value is -2.38. The molecule has 0 unspecified atom stereocenters. The van der Waals surface area contributed by atoms with Gasteiger partial charge in [0.25, 0.3) is 0 Å². The zero-order valence-corrected chi connectivity index (χ0v) is 11.8. The SMILES string of the molecule is N#CCc1ccc(NC(=S)NCc2ccccc2)cc1. The summed E-state index contributed by atoms with van der Waals surface area (Å²) in [6.07, 6.45) is 0.428. The number of nitrogens with one attached hydrogen (secondary N) is 2. The molecule has 0 saturated heterocycles. The van der Waals surface area contributed by atoms with Crippen LogP contribution in [0.5, 0.6) is 0 Å². The minimum absolute atomic E-state index is 0.428. The highest BCUT2D eigenvalue weighted by Gasteiger charge is 1.98. The maximum atomic E-state index is 8.62. The minimum atomic E-state index is 0.428. The molecule has 0 fully saturated rings. The van der Waals surface area contributed by atoms with E-state index in [4.69, 9.17) is 17.5 Å². The summed E-state index contributed by atoms with van der Waals surface area (Å²) in [6.45, 7) is 0.694. The van der Waals surface area contributed by atoms with E-state index < -0.39 is 0 Å². The number of nitrogens with zero attached hydrogens (tertiary/aromatic N) is 1. The normalized spacial score (nSPS) is 9.55. The summed E-state index contributed by atoms with van der Waals surface area (Å²) in [5.74, 6) is 0. The van der Waals surface area contributed by atoms with Gasteiger partial charge in [0, 0.05) is 12.2 Å². The van der Waals surface area contributed by atoms with Gasteiger partial charge in [-0.25, -0.2) is 0 Å². The predicted octanol–water partition coefficient (Wildman–Crippen LogP) is 3.24. The lowest BCUT2D eigenvalue weighted by atomic mass is 10.1. The predicted molar refractivity (Wildman–Crippen MR) is 85.3 cm³/mol. The van der Waals surface area contributed by atoms with E-state index in [1.54, 1.807) is 0 Å². The Balaban J connectivity index is 1.84. The second kappa shape index (κ2) is 7.27. The number of hydrogen-bond donors (Lipinski definition) is 2. The van der Waals surface area contributed by atoms with E-state index in [0.717, 1.165) is 11.3 Å². The third-order valence-corrected chi connectivity index (χ3v) is 3.04. The fraction of sp³-hybridized carbons (Fsp3) is 0.125. The van der Waals surface area contributed by atoms with Gasteiger partial charge in [-0.2, -0.15) is 5.26 Å². The van der Waals surface area contributed by atoms with Crippen LogP contribution in [0.4, 0.5) is 5.69 Å². The maximum absolute atomic E-state index is 8.62. The molecular weight excluding hydrogens is 266 g/mol. The minimum Gasteiger partial charge on any atom is -0.358 e. The summed E-state index contributed by atoms with van der Waals surface area (Å²) < 4.78 is 0. The van der Waals surface area contributed by atoms with Crippen LogP contribution in [0.2, 0.25) is 0 Å². The van der Waals surface area contributed by atoms with E-state index in [-0.39, 0.29) is 0 Å². The summed E-state index contributed by atoms with van der Waals surface area (Å²) in [4.78, 5) is 0. The third kappa shape index (κ3) is 4.38. The van der Waals surface area contributed by atoms with Crippen LogP contribution in [0.15, 0.2) is 54.6 Å². The Morgan fingerprint density at radius 2 is 1.70 bits per heavy atom. The Morgan fingerprint density at radius 3 is 2.35 bits per heavy atom. The zero-order valence-electron chi connectivity index (χ0n) is 11.0. The summed E-state index contributed by atoms with van der Waals surface area (Å²) in [6, 6.07) is 19.9. The molecular formula is C16H15N3S. The van der Waals surface area contributed by atoms with Crippen molar-refractivity contribution in [2.24, 2.45) is 0 Å². The van der Waals surface area contributed by atoms with E-state index in [1.165, 1.54) is 5.56 Å². The van der Waals surface area contributed by atoms with Gasteiger partial charge in [0.05, 0.1) is 12.5 Å². The molecule has 4 heteroatoms. The average Bonchev–Trinajstić information content (AvgIpc) is 2.49. The smallest absolute Gasteiger partial charge is 0.171 e. The fourth-order valence-corrected chi connectivity index (χ4v) is 1.94. The van der Waals surface area contributed by atoms with Crippen LogP contribution < -0.4 is 10.6 Å². The lowest BCUT2D eigenvalue weighted by molar-refractivity contribution is 0.926. The molecule has 2 N–H and O–H groups in total. The molecule has 0 heterocycles. The van der Waals surface area contributed by atoms with Crippen LogP contribution in [-0.2, 0) is 13.0 Å². The molecule has 0 amide bonds. The molecule has 0 aromatic heterocycles. The van der Waals surface area contributed by atoms with E-state index in [2.05, 4.69) is 16.7 Å². The summed E-state index contributed by atoms with van der Waals surface area (Å²) in [5, 5.41) is 15.5. The first kappa shape index (κ1) is 14.0. The lowest BCUT2D eigenvalue weighted by Crippen LogP contribution is -2.27. The molecule has 2 rings (SSSR count). The van der Waals surface area contributed by atoms with E-state index in [0.29, 0.717) is 18.1 Å². The van der Waals surface area contributed by atoms with Gasteiger partial charge in [0.2, 0.25) is 0 Å². The zero-order chi connectivity index (χ0) is 14.2. The quantitative estimate of drug-likeness (QED) is 0.845. The highest BCUT2D eigenvalue weighted by atomic mass is 32.1. The van der Waals surface area contributed by atoms with Crippen molar-refractivity contribution in [1.29, 1.82) is 5.26 Å². The molecule has 0 atom stereocenters. The first-order chi connectivity index (χ1) is 9.78. The van der Waals surface area contributed by atoms with Crippen LogP contribution in [0.3, 0.4) is 0 Å². The van der Waals surface area contributed by atoms with E-state index in [1.807, 2.05) is 54.6 Å². The van der Waals surface area contributed by atoms with Crippen molar-refractivity contribution < 1.29 is 0 Å². The molecule has 0 aliphatic carbocycles. The highest BCUT2D eigenvalue weighted by molar-refractivity contribution is 7.80. The number of benzene rings is 2. The number of thiocarbonyl (C=S) groups is 1. The third-order valence-electron chi connectivity index (χ3n) is 2.79. The van der Waals surface area contributed by atoms with E-state index >= 15 is 0 Å². The van der Waals surface area contributed by atoms with Crippen molar-refractivity contribution in [2.75, 3.05) is 5.32 Å². The molecule has 0 aliphatic heterocycles. The Bertz CT molecular complexity index is 600.